The molecular weight excluding hydrogens is 410 g/mol. The number of aryl methyl sites for hydroxylation is 1. The van der Waals surface area contributed by atoms with Crippen LogP contribution in [0.25, 0.3) is 11.1 Å². The van der Waals surface area contributed by atoms with E-state index in [9.17, 15) is 8.76 Å². The van der Waals surface area contributed by atoms with Gasteiger partial charge in [0.2, 0.25) is 5.90 Å². The Morgan fingerprint density at radius 3 is 2.10 bits per heavy atom. The highest BCUT2D eigenvalue weighted by Gasteiger charge is 2.28. The summed E-state index contributed by atoms with van der Waals surface area (Å²) in [4.78, 5) is 4.71. The van der Waals surface area contributed by atoms with Gasteiger partial charge in [0.1, 0.15) is 12.7 Å². The normalized spacial score (nSPS) is 17.0. The van der Waals surface area contributed by atoms with Crippen molar-refractivity contribution in [3.63, 3.8) is 0 Å². The van der Waals surface area contributed by atoms with Crippen molar-refractivity contribution in [1.82, 2.24) is 0 Å². The molecule has 31 heavy (non-hydrogen) atoms. The molecule has 0 saturated heterocycles. The van der Waals surface area contributed by atoms with Crippen LogP contribution in [-0.4, -0.2) is 26.8 Å². The Bertz CT molecular complexity index is 1120. The quantitative estimate of drug-likeness (QED) is 0.505. The molecule has 1 aliphatic rings. The van der Waals surface area contributed by atoms with E-state index in [1.165, 1.54) is 0 Å². The van der Waals surface area contributed by atoms with Crippen LogP contribution in [0.4, 0.5) is 0 Å². The van der Waals surface area contributed by atoms with E-state index in [1.54, 1.807) is 0 Å². The first-order valence-electron chi connectivity index (χ1n) is 10.1. The average Bonchev–Trinajstić information content (AvgIpc) is 3.12. The predicted octanol–water partition coefficient (Wildman–Crippen LogP) is 5.12. The SMILES string of the molecule is Cc1ccc(C(OS(=O)[O-])c2ccc(-c3ccccc3C3=NC(C)(C)CO3)cc2)cc1. The van der Waals surface area contributed by atoms with Crippen LogP contribution in [-0.2, 0) is 20.3 Å². The molecule has 6 heteroatoms. The van der Waals surface area contributed by atoms with Crippen molar-refractivity contribution in [2.24, 2.45) is 4.99 Å². The summed E-state index contributed by atoms with van der Waals surface area (Å²) in [5, 5.41) is 0. The van der Waals surface area contributed by atoms with Gasteiger partial charge in [0.25, 0.3) is 0 Å². The number of hydrogen-bond acceptors (Lipinski definition) is 5. The third kappa shape index (κ3) is 4.93. The van der Waals surface area contributed by atoms with Gasteiger partial charge in [-0.25, -0.2) is 9.20 Å². The Labute approximate surface area is 185 Å². The van der Waals surface area contributed by atoms with Crippen LogP contribution in [0.5, 0.6) is 0 Å². The molecule has 0 N–H and O–H groups in total. The van der Waals surface area contributed by atoms with E-state index >= 15 is 0 Å². The summed E-state index contributed by atoms with van der Waals surface area (Å²) in [6.45, 7) is 6.62. The minimum Gasteiger partial charge on any atom is -0.750 e. The van der Waals surface area contributed by atoms with Crippen molar-refractivity contribution >= 4 is 17.3 Å². The Hall–Kier alpha value is -2.80. The Kier molecular flexibility index (Phi) is 6.05. The minimum atomic E-state index is -2.64. The van der Waals surface area contributed by atoms with Crippen LogP contribution in [0.2, 0.25) is 0 Å². The van der Waals surface area contributed by atoms with Gasteiger partial charge < -0.3 is 9.29 Å². The summed E-state index contributed by atoms with van der Waals surface area (Å²) in [7, 11) is 0. The highest BCUT2D eigenvalue weighted by Crippen LogP contribution is 2.32. The fraction of sp³-hybridized carbons (Fsp3) is 0.240. The molecule has 0 spiro atoms. The molecule has 1 heterocycles. The summed E-state index contributed by atoms with van der Waals surface area (Å²) in [5.74, 6) is 0.646. The molecule has 160 valence electrons. The van der Waals surface area contributed by atoms with Gasteiger partial charge in [0, 0.05) is 5.56 Å². The molecule has 0 saturated carbocycles. The summed E-state index contributed by atoms with van der Waals surface area (Å²) >= 11 is -2.64. The average molecular weight is 435 g/mol. The number of hydrogen-bond donors (Lipinski definition) is 0. The fourth-order valence-electron chi connectivity index (χ4n) is 3.60. The van der Waals surface area contributed by atoms with Crippen molar-refractivity contribution in [3.05, 3.63) is 95.1 Å². The van der Waals surface area contributed by atoms with E-state index in [0.717, 1.165) is 33.4 Å². The maximum absolute atomic E-state index is 11.3. The van der Waals surface area contributed by atoms with Gasteiger partial charge in [-0.15, -0.1) is 0 Å². The predicted molar refractivity (Wildman–Crippen MR) is 121 cm³/mol. The Morgan fingerprint density at radius 1 is 0.968 bits per heavy atom. The zero-order valence-electron chi connectivity index (χ0n) is 17.7. The number of aliphatic imine (C=N–C) groups is 1. The van der Waals surface area contributed by atoms with E-state index in [4.69, 9.17) is 13.9 Å². The molecule has 2 unspecified atom stereocenters. The van der Waals surface area contributed by atoms with Crippen LogP contribution in [0, 0.1) is 6.92 Å². The standard InChI is InChI=1S/C25H25NO4S/c1-17-8-10-19(11-9-17)23(30-31(27)28)20-14-12-18(13-15-20)21-6-4-5-7-22(21)24-26-25(2,3)16-29-24/h4-15,23H,16H2,1-3H3,(H,27,28)/p-1. The topological polar surface area (TPSA) is 71.0 Å². The molecule has 4 rings (SSSR count). The van der Waals surface area contributed by atoms with Crippen LogP contribution < -0.4 is 0 Å². The second kappa shape index (κ2) is 8.75. The van der Waals surface area contributed by atoms with Gasteiger partial charge in [-0.3, -0.25) is 4.18 Å². The summed E-state index contributed by atoms with van der Waals surface area (Å²) < 4.78 is 33.7. The third-order valence-corrected chi connectivity index (χ3v) is 5.55. The number of nitrogens with zero attached hydrogens (tertiary/aromatic N) is 1. The van der Waals surface area contributed by atoms with Crippen LogP contribution >= 0.6 is 0 Å². The molecule has 0 fully saturated rings. The second-order valence-corrected chi connectivity index (χ2v) is 8.88. The van der Waals surface area contributed by atoms with Crippen molar-refractivity contribution < 1.29 is 17.7 Å². The summed E-state index contributed by atoms with van der Waals surface area (Å²) in [6.07, 6.45) is -0.702. The van der Waals surface area contributed by atoms with Crippen LogP contribution in [0.1, 0.15) is 42.2 Å². The van der Waals surface area contributed by atoms with Gasteiger partial charge in [-0.1, -0.05) is 72.3 Å². The first-order chi connectivity index (χ1) is 14.8. The molecule has 0 amide bonds. The molecule has 1 aliphatic heterocycles. The lowest BCUT2D eigenvalue weighted by atomic mass is 9.95. The number of ether oxygens (including phenoxy) is 1. The zero-order valence-corrected chi connectivity index (χ0v) is 18.5. The lowest BCUT2D eigenvalue weighted by Gasteiger charge is -2.20. The molecule has 0 aromatic heterocycles. The van der Waals surface area contributed by atoms with Crippen LogP contribution in [0.15, 0.2) is 77.8 Å². The van der Waals surface area contributed by atoms with Gasteiger partial charge in [-0.2, -0.15) is 0 Å². The summed E-state index contributed by atoms with van der Waals surface area (Å²) in [5.41, 5.74) is 5.32. The number of benzene rings is 3. The van der Waals surface area contributed by atoms with Crippen molar-refractivity contribution in [2.75, 3.05) is 6.61 Å². The van der Waals surface area contributed by atoms with Gasteiger partial charge >= 0.3 is 0 Å². The van der Waals surface area contributed by atoms with E-state index < -0.39 is 17.5 Å². The monoisotopic (exact) mass is 434 g/mol. The molecule has 0 radical (unpaired) electrons. The van der Waals surface area contributed by atoms with Gasteiger partial charge in [-0.05, 0) is 49.1 Å². The Balaban J connectivity index is 1.68. The van der Waals surface area contributed by atoms with E-state index in [2.05, 4.69) is 0 Å². The maximum Gasteiger partial charge on any atom is 0.217 e. The fourth-order valence-corrected chi connectivity index (χ4v) is 3.98. The minimum absolute atomic E-state index is 0.237. The smallest absolute Gasteiger partial charge is 0.217 e. The van der Waals surface area contributed by atoms with Crippen molar-refractivity contribution in [2.45, 2.75) is 32.4 Å². The lowest BCUT2D eigenvalue weighted by molar-refractivity contribution is 0.241. The Morgan fingerprint density at radius 2 is 1.55 bits per heavy atom. The number of rotatable bonds is 6. The second-order valence-electron chi connectivity index (χ2n) is 8.28. The first kappa shape index (κ1) is 21.4. The summed E-state index contributed by atoms with van der Waals surface area (Å²) in [6, 6.07) is 23.3. The van der Waals surface area contributed by atoms with Gasteiger partial charge in [0.05, 0.1) is 16.9 Å². The maximum atomic E-state index is 11.3. The van der Waals surface area contributed by atoms with Crippen molar-refractivity contribution in [3.8, 4) is 11.1 Å². The first-order valence-corrected chi connectivity index (χ1v) is 11.1. The lowest BCUT2D eigenvalue weighted by Crippen LogP contribution is -2.17. The van der Waals surface area contributed by atoms with E-state index in [1.807, 2.05) is 93.6 Å². The molecule has 0 aliphatic carbocycles. The van der Waals surface area contributed by atoms with E-state index in [0.29, 0.717) is 12.5 Å². The molecule has 3 aromatic rings. The molecule has 0 bridgehead atoms. The van der Waals surface area contributed by atoms with E-state index in [-0.39, 0.29) is 5.54 Å². The van der Waals surface area contributed by atoms with Gasteiger partial charge in [0.15, 0.2) is 0 Å². The molecule has 2 atom stereocenters. The zero-order chi connectivity index (χ0) is 22.0. The third-order valence-electron chi connectivity index (χ3n) is 5.20. The largest absolute Gasteiger partial charge is 0.750 e. The van der Waals surface area contributed by atoms with Crippen molar-refractivity contribution in [1.29, 1.82) is 0 Å². The molecule has 3 aromatic carbocycles. The highest BCUT2D eigenvalue weighted by atomic mass is 32.2. The molecule has 5 nitrogen and oxygen atoms in total. The molecular formula is C25H24NO4S-. The highest BCUT2D eigenvalue weighted by molar-refractivity contribution is 7.74. The van der Waals surface area contributed by atoms with Crippen LogP contribution in [0.3, 0.4) is 0 Å².